The molecule has 7 heteroatoms. The number of hydrogen-bond donors (Lipinski definition) is 2. The molecule has 3 N–H and O–H groups in total. The Hall–Kier alpha value is -2.05. The summed E-state index contributed by atoms with van der Waals surface area (Å²) in [5.41, 5.74) is 5.31. The monoisotopic (exact) mass is 406 g/mol. The highest BCUT2D eigenvalue weighted by Gasteiger charge is 2.25. The third-order valence-corrected chi connectivity index (χ3v) is 5.94. The molecule has 0 aliphatic heterocycles. The van der Waals surface area contributed by atoms with E-state index in [4.69, 9.17) is 5.73 Å². The normalized spacial score (nSPS) is 15.0. The van der Waals surface area contributed by atoms with E-state index in [2.05, 4.69) is 18.8 Å². The first-order valence-corrected chi connectivity index (χ1v) is 11.3. The van der Waals surface area contributed by atoms with E-state index in [0.29, 0.717) is 31.3 Å². The van der Waals surface area contributed by atoms with E-state index in [1.807, 2.05) is 6.92 Å². The maximum absolute atomic E-state index is 13.1. The number of unbranched alkanes of at least 4 members (excludes halogenated alkanes) is 1. The fourth-order valence-corrected chi connectivity index (χ4v) is 4.06. The van der Waals surface area contributed by atoms with Crippen molar-refractivity contribution >= 4 is 17.4 Å². The lowest BCUT2D eigenvalue weighted by molar-refractivity contribution is -0.119. The molecule has 0 atom stereocenters. The summed E-state index contributed by atoms with van der Waals surface area (Å²) in [6.07, 6.45) is 9.84. The van der Waals surface area contributed by atoms with Gasteiger partial charge in [-0.05, 0) is 31.1 Å². The van der Waals surface area contributed by atoms with Crippen LogP contribution in [-0.4, -0.2) is 22.0 Å². The van der Waals surface area contributed by atoms with E-state index in [1.54, 1.807) is 0 Å². The van der Waals surface area contributed by atoms with Crippen LogP contribution in [0.25, 0.3) is 0 Å². The van der Waals surface area contributed by atoms with Crippen LogP contribution in [-0.2, 0) is 11.3 Å². The second kappa shape index (κ2) is 11.2. The molecule has 7 nitrogen and oxygen atoms in total. The van der Waals surface area contributed by atoms with Gasteiger partial charge in [0.15, 0.2) is 5.69 Å². The first-order valence-electron chi connectivity index (χ1n) is 11.3. The number of nitrogens with two attached hydrogens (primary N) is 1. The van der Waals surface area contributed by atoms with Crippen LogP contribution in [0.4, 0.5) is 11.5 Å². The van der Waals surface area contributed by atoms with Gasteiger partial charge in [0.05, 0.1) is 0 Å². The number of hydrogen-bond acceptors (Lipinski definition) is 4. The molecule has 29 heavy (non-hydrogen) atoms. The number of anilines is 2. The molecule has 1 aliphatic carbocycles. The van der Waals surface area contributed by atoms with Crippen molar-refractivity contribution in [2.24, 2.45) is 11.8 Å². The predicted molar refractivity (Wildman–Crippen MR) is 118 cm³/mol. The second-order valence-electron chi connectivity index (χ2n) is 8.77. The molecule has 164 valence electrons. The minimum Gasteiger partial charge on any atom is -0.383 e. The van der Waals surface area contributed by atoms with Crippen molar-refractivity contribution in [3.8, 4) is 0 Å². The van der Waals surface area contributed by atoms with E-state index in [-0.39, 0.29) is 17.4 Å². The molecule has 1 aliphatic rings. The highest BCUT2D eigenvalue weighted by atomic mass is 16.2. The summed E-state index contributed by atoms with van der Waals surface area (Å²) >= 11 is 0. The van der Waals surface area contributed by atoms with Gasteiger partial charge < -0.3 is 10.6 Å². The molecule has 2 rings (SSSR count). The van der Waals surface area contributed by atoms with Crippen LogP contribution >= 0.6 is 0 Å². The van der Waals surface area contributed by atoms with Crippen LogP contribution in [0.1, 0.15) is 85.0 Å². The molecule has 1 aromatic heterocycles. The second-order valence-corrected chi connectivity index (χ2v) is 8.77. The number of rotatable bonds is 10. The number of carbonyl (C=O) groups is 1. The van der Waals surface area contributed by atoms with Gasteiger partial charge >= 0.3 is 5.69 Å². The topological polar surface area (TPSA) is 101 Å². The van der Waals surface area contributed by atoms with Gasteiger partial charge in [-0.25, -0.2) is 4.79 Å². The van der Waals surface area contributed by atoms with Crippen molar-refractivity contribution in [1.29, 1.82) is 0 Å². The molecule has 0 saturated heterocycles. The maximum atomic E-state index is 13.1. The van der Waals surface area contributed by atoms with Gasteiger partial charge in [-0.3, -0.25) is 19.1 Å². The summed E-state index contributed by atoms with van der Waals surface area (Å²) < 4.78 is 1.39. The predicted octanol–water partition coefficient (Wildman–Crippen LogP) is 3.66. The third-order valence-electron chi connectivity index (χ3n) is 5.94. The first kappa shape index (κ1) is 23.2. The maximum Gasteiger partial charge on any atom is 0.330 e. The van der Waals surface area contributed by atoms with Gasteiger partial charge in [-0.2, -0.15) is 0 Å². The lowest BCUT2D eigenvalue weighted by Gasteiger charge is -2.27. The van der Waals surface area contributed by atoms with Crippen molar-refractivity contribution in [1.82, 2.24) is 9.55 Å². The Kier molecular flexibility index (Phi) is 8.99. The van der Waals surface area contributed by atoms with Gasteiger partial charge in [0.1, 0.15) is 5.82 Å². The zero-order valence-corrected chi connectivity index (χ0v) is 18.3. The van der Waals surface area contributed by atoms with Crippen LogP contribution in [0.2, 0.25) is 0 Å². The molecule has 1 saturated carbocycles. The van der Waals surface area contributed by atoms with Crippen LogP contribution in [0.3, 0.4) is 0 Å². The number of amides is 1. The number of nitrogen functional groups attached to an aromatic ring is 1. The highest BCUT2D eigenvalue weighted by molar-refractivity contribution is 5.95. The molecule has 1 fully saturated rings. The molecule has 0 unspecified atom stereocenters. The Bertz CT molecular complexity index is 775. The molecule has 0 spiro atoms. The number of nitrogens with one attached hydrogen (secondary N) is 1. The summed E-state index contributed by atoms with van der Waals surface area (Å²) in [4.78, 5) is 41.9. The molecule has 1 aromatic rings. The van der Waals surface area contributed by atoms with Gasteiger partial charge in [0, 0.05) is 19.5 Å². The summed E-state index contributed by atoms with van der Waals surface area (Å²) in [6, 6.07) is 0. The zero-order chi connectivity index (χ0) is 21.4. The Morgan fingerprint density at radius 2 is 1.93 bits per heavy atom. The van der Waals surface area contributed by atoms with Crippen molar-refractivity contribution in [3.05, 3.63) is 20.8 Å². The Morgan fingerprint density at radius 1 is 1.24 bits per heavy atom. The van der Waals surface area contributed by atoms with E-state index in [0.717, 1.165) is 25.7 Å². The molecular formula is C22H38N4O3. The molecular weight excluding hydrogens is 368 g/mol. The number of nitrogens with zero attached hydrogens (tertiary/aromatic N) is 2. The summed E-state index contributed by atoms with van der Waals surface area (Å²) in [7, 11) is 0. The van der Waals surface area contributed by atoms with Crippen LogP contribution in [0.15, 0.2) is 9.59 Å². The minimum absolute atomic E-state index is 0.0749. The van der Waals surface area contributed by atoms with Crippen molar-refractivity contribution < 1.29 is 4.79 Å². The molecule has 0 aromatic carbocycles. The number of H-pyrrole nitrogens is 1. The largest absolute Gasteiger partial charge is 0.383 e. The zero-order valence-electron chi connectivity index (χ0n) is 18.3. The van der Waals surface area contributed by atoms with E-state index in [9.17, 15) is 14.4 Å². The summed E-state index contributed by atoms with van der Waals surface area (Å²) in [5, 5.41) is 0. The Balaban J connectivity index is 2.29. The van der Waals surface area contributed by atoms with Crippen molar-refractivity contribution in [2.45, 2.75) is 91.5 Å². The van der Waals surface area contributed by atoms with Gasteiger partial charge in [0.2, 0.25) is 5.91 Å². The van der Waals surface area contributed by atoms with Gasteiger partial charge in [-0.15, -0.1) is 0 Å². The lowest BCUT2D eigenvalue weighted by Crippen LogP contribution is -2.42. The highest BCUT2D eigenvalue weighted by Crippen LogP contribution is 2.28. The standard InChI is InChI=1S/C22H38N4O3/c1-4-5-14-26-20(23)19(21(28)24-22(26)29)25(15-13-16(2)3)18(27)12-11-17-9-7-6-8-10-17/h16-17H,4-15,23H2,1-3H3,(H,24,28,29). The number of aromatic nitrogens is 2. The smallest absolute Gasteiger partial charge is 0.330 e. The Labute approximate surface area is 173 Å². The molecule has 0 radical (unpaired) electrons. The van der Waals surface area contributed by atoms with Crippen LogP contribution in [0.5, 0.6) is 0 Å². The van der Waals surface area contributed by atoms with E-state index < -0.39 is 11.2 Å². The Morgan fingerprint density at radius 3 is 2.55 bits per heavy atom. The quantitative estimate of drug-likeness (QED) is 0.619. The number of aromatic amines is 1. The average molecular weight is 407 g/mol. The fraction of sp³-hybridized carbons (Fsp3) is 0.773. The SMILES string of the molecule is CCCCn1c(N)c(N(CCC(C)C)C(=O)CCC2CCCCC2)c(=O)[nH]c1=O. The minimum atomic E-state index is -0.574. The molecule has 1 heterocycles. The van der Waals surface area contributed by atoms with Crippen LogP contribution in [0, 0.1) is 11.8 Å². The average Bonchev–Trinajstić information content (AvgIpc) is 2.69. The fourth-order valence-electron chi connectivity index (χ4n) is 4.06. The first-order chi connectivity index (χ1) is 13.8. The molecule has 1 amide bonds. The van der Waals surface area contributed by atoms with E-state index in [1.165, 1.54) is 41.6 Å². The third kappa shape index (κ3) is 6.47. The van der Waals surface area contributed by atoms with E-state index >= 15 is 0 Å². The molecule has 0 bridgehead atoms. The summed E-state index contributed by atoms with van der Waals surface area (Å²) in [5.74, 6) is 1.000. The van der Waals surface area contributed by atoms with Crippen molar-refractivity contribution in [3.63, 3.8) is 0 Å². The van der Waals surface area contributed by atoms with Crippen molar-refractivity contribution in [2.75, 3.05) is 17.2 Å². The number of carbonyl (C=O) groups excluding carboxylic acids is 1. The summed E-state index contributed by atoms with van der Waals surface area (Å²) in [6.45, 7) is 7.05. The van der Waals surface area contributed by atoms with Gasteiger partial charge in [-0.1, -0.05) is 59.3 Å². The van der Waals surface area contributed by atoms with Crippen LogP contribution < -0.4 is 21.9 Å². The van der Waals surface area contributed by atoms with Gasteiger partial charge in [0.25, 0.3) is 5.56 Å². The lowest BCUT2D eigenvalue weighted by atomic mass is 9.86.